The molecule has 0 spiro atoms. The Hall–Kier alpha value is -2.33. The van der Waals surface area contributed by atoms with Gasteiger partial charge in [-0.05, 0) is 54.8 Å². The number of halogens is 2. The maximum absolute atomic E-state index is 13.1. The van der Waals surface area contributed by atoms with E-state index in [0.717, 1.165) is 22.9 Å². The van der Waals surface area contributed by atoms with Crippen molar-refractivity contribution in [3.63, 3.8) is 0 Å². The van der Waals surface area contributed by atoms with E-state index in [9.17, 15) is 9.18 Å². The highest BCUT2D eigenvalue weighted by atomic mass is 35.5. The van der Waals surface area contributed by atoms with Crippen molar-refractivity contribution in [1.29, 1.82) is 0 Å². The van der Waals surface area contributed by atoms with E-state index in [0.29, 0.717) is 11.4 Å². The monoisotopic (exact) mass is 331 g/mol. The lowest BCUT2D eigenvalue weighted by molar-refractivity contribution is 0.0500. The number of fused-ring (bicyclic) bond motifs is 1. The summed E-state index contributed by atoms with van der Waals surface area (Å²) in [5.74, 6) is -0.957. The molecule has 3 nitrogen and oxygen atoms in total. The van der Waals surface area contributed by atoms with Gasteiger partial charge in [0.15, 0.2) is 0 Å². The Labute approximate surface area is 138 Å². The molecule has 0 radical (unpaired) electrons. The minimum Gasteiger partial charge on any atom is -0.462 e. The first kappa shape index (κ1) is 15.6. The van der Waals surface area contributed by atoms with Gasteiger partial charge in [-0.2, -0.15) is 0 Å². The molecule has 1 aromatic heterocycles. The van der Waals surface area contributed by atoms with Gasteiger partial charge in [0.25, 0.3) is 0 Å². The average molecular weight is 332 g/mol. The van der Waals surface area contributed by atoms with E-state index in [1.807, 2.05) is 24.4 Å². The minimum absolute atomic E-state index is 0.226. The number of benzene rings is 2. The third-order valence-corrected chi connectivity index (χ3v) is 3.85. The van der Waals surface area contributed by atoms with Crippen LogP contribution in [-0.4, -0.2) is 17.6 Å². The summed E-state index contributed by atoms with van der Waals surface area (Å²) in [5.41, 5.74) is 2.38. The first-order chi connectivity index (χ1) is 11.1. The Kier molecular flexibility index (Phi) is 4.63. The first-order valence-electron chi connectivity index (χ1n) is 7.32. The van der Waals surface area contributed by atoms with Gasteiger partial charge < -0.3 is 9.72 Å². The van der Waals surface area contributed by atoms with Gasteiger partial charge in [0.1, 0.15) is 5.82 Å². The van der Waals surface area contributed by atoms with E-state index in [1.165, 1.54) is 24.3 Å². The fraction of sp³-hybridized carbons (Fsp3) is 0.167. The second-order valence-corrected chi connectivity index (χ2v) is 5.69. The zero-order valence-electron chi connectivity index (χ0n) is 12.3. The summed E-state index contributed by atoms with van der Waals surface area (Å²) in [4.78, 5) is 15.0. The van der Waals surface area contributed by atoms with Crippen molar-refractivity contribution in [3.8, 4) is 0 Å². The van der Waals surface area contributed by atoms with Crippen LogP contribution in [0, 0.1) is 5.82 Å². The van der Waals surface area contributed by atoms with Crippen LogP contribution in [0.25, 0.3) is 10.9 Å². The van der Waals surface area contributed by atoms with Crippen molar-refractivity contribution in [2.45, 2.75) is 12.8 Å². The lowest BCUT2D eigenvalue weighted by Gasteiger charge is -2.05. The Morgan fingerprint density at radius 3 is 2.91 bits per heavy atom. The van der Waals surface area contributed by atoms with E-state index in [1.54, 1.807) is 0 Å². The highest BCUT2D eigenvalue weighted by molar-refractivity contribution is 6.31. The molecular formula is C18H15ClFNO2. The minimum atomic E-state index is -0.508. The highest BCUT2D eigenvalue weighted by Crippen LogP contribution is 2.23. The molecule has 2 aromatic carbocycles. The number of carbonyl (C=O) groups is 1. The summed E-state index contributed by atoms with van der Waals surface area (Å²) in [6.07, 6.45) is 3.38. The standard InChI is InChI=1S/C18H15ClFNO2/c19-14-6-7-17-16(10-14)13(11-21-17)4-2-8-23-18(22)12-3-1-5-15(20)9-12/h1,3,5-7,9-11,21H,2,4,8H2. The van der Waals surface area contributed by atoms with Gasteiger partial charge >= 0.3 is 5.97 Å². The molecule has 0 aliphatic carbocycles. The van der Waals surface area contributed by atoms with Crippen molar-refractivity contribution < 1.29 is 13.9 Å². The zero-order valence-corrected chi connectivity index (χ0v) is 13.1. The van der Waals surface area contributed by atoms with E-state index in [2.05, 4.69) is 4.98 Å². The predicted octanol–water partition coefficient (Wildman–Crippen LogP) is 4.75. The molecule has 0 aliphatic heterocycles. The zero-order chi connectivity index (χ0) is 16.2. The largest absolute Gasteiger partial charge is 0.462 e. The smallest absolute Gasteiger partial charge is 0.338 e. The number of hydrogen-bond donors (Lipinski definition) is 1. The summed E-state index contributed by atoms with van der Waals surface area (Å²) in [6.45, 7) is 0.280. The number of H-pyrrole nitrogens is 1. The highest BCUT2D eigenvalue weighted by Gasteiger charge is 2.08. The summed E-state index contributed by atoms with van der Waals surface area (Å²) in [6, 6.07) is 11.2. The molecular weight excluding hydrogens is 317 g/mol. The number of hydrogen-bond acceptors (Lipinski definition) is 2. The third kappa shape index (κ3) is 3.71. The van der Waals surface area contributed by atoms with Crippen molar-refractivity contribution in [2.24, 2.45) is 0 Å². The lowest BCUT2D eigenvalue weighted by atomic mass is 10.1. The van der Waals surface area contributed by atoms with Crippen LogP contribution in [0.15, 0.2) is 48.7 Å². The van der Waals surface area contributed by atoms with Gasteiger partial charge in [-0.15, -0.1) is 0 Å². The molecule has 0 bridgehead atoms. The van der Waals surface area contributed by atoms with Crippen LogP contribution >= 0.6 is 11.6 Å². The van der Waals surface area contributed by atoms with E-state index in [4.69, 9.17) is 16.3 Å². The SMILES string of the molecule is O=C(OCCCc1c[nH]c2ccc(Cl)cc12)c1cccc(F)c1. The molecule has 0 saturated carbocycles. The number of ether oxygens (including phenoxy) is 1. The Morgan fingerprint density at radius 2 is 2.09 bits per heavy atom. The molecule has 1 heterocycles. The van der Waals surface area contributed by atoms with Crippen LogP contribution in [0.1, 0.15) is 22.3 Å². The summed E-state index contributed by atoms with van der Waals surface area (Å²) in [5, 5.41) is 1.77. The number of aromatic nitrogens is 1. The third-order valence-electron chi connectivity index (χ3n) is 3.61. The molecule has 1 N–H and O–H groups in total. The molecule has 0 unspecified atom stereocenters. The molecule has 0 aliphatic rings. The molecule has 0 amide bonds. The number of aryl methyl sites for hydroxylation is 1. The van der Waals surface area contributed by atoms with E-state index >= 15 is 0 Å². The fourth-order valence-electron chi connectivity index (χ4n) is 2.48. The van der Waals surface area contributed by atoms with Crippen LogP contribution in [0.4, 0.5) is 4.39 Å². The number of nitrogens with one attached hydrogen (secondary N) is 1. The van der Waals surface area contributed by atoms with Crippen LogP contribution < -0.4 is 0 Å². The van der Waals surface area contributed by atoms with Gasteiger partial charge in [0, 0.05) is 22.1 Å². The molecule has 0 saturated heterocycles. The second-order valence-electron chi connectivity index (χ2n) is 5.25. The fourth-order valence-corrected chi connectivity index (χ4v) is 2.66. The summed E-state index contributed by atoms with van der Waals surface area (Å²) >= 11 is 6.02. The molecule has 23 heavy (non-hydrogen) atoms. The van der Waals surface area contributed by atoms with Crippen molar-refractivity contribution in [1.82, 2.24) is 4.98 Å². The average Bonchev–Trinajstić information content (AvgIpc) is 2.93. The first-order valence-corrected chi connectivity index (χ1v) is 7.69. The van der Waals surface area contributed by atoms with Crippen molar-refractivity contribution >= 4 is 28.5 Å². The van der Waals surface area contributed by atoms with Gasteiger partial charge in [-0.3, -0.25) is 0 Å². The lowest BCUT2D eigenvalue weighted by Crippen LogP contribution is -2.07. The molecule has 5 heteroatoms. The number of rotatable bonds is 5. The summed E-state index contributed by atoms with van der Waals surface area (Å²) < 4.78 is 18.2. The maximum Gasteiger partial charge on any atom is 0.338 e. The van der Waals surface area contributed by atoms with Crippen molar-refractivity contribution in [2.75, 3.05) is 6.61 Å². The Morgan fingerprint density at radius 1 is 1.22 bits per heavy atom. The Balaban J connectivity index is 1.55. The van der Waals surface area contributed by atoms with Crippen LogP contribution in [-0.2, 0) is 11.2 Å². The summed E-state index contributed by atoms with van der Waals surface area (Å²) in [7, 11) is 0. The van der Waals surface area contributed by atoms with Crippen LogP contribution in [0.2, 0.25) is 5.02 Å². The molecule has 0 fully saturated rings. The van der Waals surface area contributed by atoms with Crippen LogP contribution in [0.5, 0.6) is 0 Å². The van der Waals surface area contributed by atoms with E-state index in [-0.39, 0.29) is 12.2 Å². The van der Waals surface area contributed by atoms with Gasteiger partial charge in [0.2, 0.25) is 0 Å². The van der Waals surface area contributed by atoms with E-state index < -0.39 is 11.8 Å². The molecule has 0 atom stereocenters. The van der Waals surface area contributed by atoms with Gasteiger partial charge in [-0.25, -0.2) is 9.18 Å². The number of esters is 1. The quantitative estimate of drug-likeness (QED) is 0.541. The maximum atomic E-state index is 13.1. The predicted molar refractivity (Wildman–Crippen MR) is 88.3 cm³/mol. The normalized spacial score (nSPS) is 10.9. The second kappa shape index (κ2) is 6.84. The van der Waals surface area contributed by atoms with Crippen LogP contribution in [0.3, 0.4) is 0 Å². The molecule has 3 rings (SSSR count). The van der Waals surface area contributed by atoms with Gasteiger partial charge in [0.05, 0.1) is 12.2 Å². The van der Waals surface area contributed by atoms with Gasteiger partial charge in [-0.1, -0.05) is 17.7 Å². The Bertz CT molecular complexity index is 844. The topological polar surface area (TPSA) is 42.1 Å². The number of carbonyl (C=O) groups excluding carboxylic acids is 1. The molecule has 3 aromatic rings. The van der Waals surface area contributed by atoms with Crippen molar-refractivity contribution in [3.05, 3.63) is 70.6 Å². The number of aromatic amines is 1. The molecule has 118 valence electrons.